The molecule has 1 aliphatic rings. The zero-order valence-electron chi connectivity index (χ0n) is 7.67. The van der Waals surface area contributed by atoms with Crippen LogP contribution in [-0.2, 0) is 9.26 Å². The Morgan fingerprint density at radius 3 is 2.27 bits per heavy atom. The van der Waals surface area contributed by atoms with Crippen LogP contribution in [0.2, 0.25) is 0 Å². The summed E-state index contributed by atoms with van der Waals surface area (Å²) < 4.78 is 9.48. The average molecular weight is 243 g/mol. The van der Waals surface area contributed by atoms with Crippen LogP contribution in [-0.4, -0.2) is 62.6 Å². The normalized spacial score (nSPS) is 44.0. The fourth-order valence-corrected chi connectivity index (χ4v) is 1.65. The van der Waals surface area contributed by atoms with E-state index in [9.17, 15) is 15.3 Å². The van der Waals surface area contributed by atoms with Gasteiger partial charge in [-0.15, -0.1) is 0 Å². The molecule has 90 valence electrons. The third kappa shape index (κ3) is 3.04. The summed E-state index contributed by atoms with van der Waals surface area (Å²) in [5.41, 5.74) is 4.95. The van der Waals surface area contributed by atoms with Crippen LogP contribution in [0, 0.1) is 0 Å². The number of hydrogen-bond donors (Lipinski definition) is 6. The molecule has 0 aromatic rings. The number of nitrogens with two attached hydrogens (primary N) is 1. The number of hydrogen-bond acceptors (Lipinski definition) is 8. The first kappa shape index (κ1) is 13.2. The maximum absolute atomic E-state index is 9.37. The second-order valence-corrected chi connectivity index (χ2v) is 3.92. The minimum Gasteiger partial charge on any atom is -0.394 e. The zero-order valence-corrected chi connectivity index (χ0v) is 8.57. The van der Waals surface area contributed by atoms with Crippen molar-refractivity contribution in [1.82, 2.24) is 0 Å². The maximum atomic E-state index is 9.37. The molecule has 2 unspecified atom stereocenters. The lowest BCUT2D eigenvalue weighted by Crippen LogP contribution is -2.58. The predicted octanol–water partition coefficient (Wildman–Crippen LogP) is -3.02. The molecule has 1 rings (SSSR count). The molecule has 1 aliphatic heterocycles. The van der Waals surface area contributed by atoms with Crippen LogP contribution >= 0.6 is 8.53 Å². The molecule has 0 aromatic heterocycles. The highest BCUT2D eigenvalue weighted by Gasteiger charge is 2.44. The highest BCUT2D eigenvalue weighted by molar-refractivity contribution is 7.43. The Bertz CT molecular complexity index is 204. The maximum Gasteiger partial charge on any atom is 0.252 e. The van der Waals surface area contributed by atoms with E-state index in [0.29, 0.717) is 0 Å². The van der Waals surface area contributed by atoms with Gasteiger partial charge < -0.3 is 30.1 Å². The van der Waals surface area contributed by atoms with Crippen LogP contribution in [0.25, 0.3) is 0 Å². The van der Waals surface area contributed by atoms with Crippen LogP contribution in [0.4, 0.5) is 0 Å². The lowest BCUT2D eigenvalue weighted by Gasteiger charge is -2.39. The van der Waals surface area contributed by atoms with Crippen molar-refractivity contribution in [1.29, 1.82) is 0 Å². The van der Waals surface area contributed by atoms with Crippen LogP contribution < -0.4 is 5.50 Å². The molecule has 15 heavy (non-hydrogen) atoms. The predicted molar refractivity (Wildman–Crippen MR) is 48.2 cm³/mol. The summed E-state index contributed by atoms with van der Waals surface area (Å²) in [6.45, 7) is -0.557. The lowest BCUT2D eigenvalue weighted by molar-refractivity contribution is -0.277. The van der Waals surface area contributed by atoms with Crippen LogP contribution in [0.1, 0.15) is 0 Å². The molecule has 0 spiro atoms. The van der Waals surface area contributed by atoms with Crippen molar-refractivity contribution in [2.45, 2.75) is 30.7 Å². The van der Waals surface area contributed by atoms with Gasteiger partial charge in [0.15, 0.2) is 6.29 Å². The van der Waals surface area contributed by atoms with Gasteiger partial charge in [-0.05, 0) is 0 Å². The van der Waals surface area contributed by atoms with Gasteiger partial charge in [0.1, 0.15) is 24.4 Å². The largest absolute Gasteiger partial charge is 0.394 e. The Hall–Kier alpha value is 0.110. The smallest absolute Gasteiger partial charge is 0.252 e. The topological polar surface area (TPSA) is 146 Å². The molecular formula is C6H14NO7P. The monoisotopic (exact) mass is 243 g/mol. The highest BCUT2D eigenvalue weighted by atomic mass is 31.2. The molecule has 7 N–H and O–H groups in total. The summed E-state index contributed by atoms with van der Waals surface area (Å²) in [5.74, 6) is 0. The van der Waals surface area contributed by atoms with Gasteiger partial charge >= 0.3 is 0 Å². The Labute approximate surface area is 86.8 Å². The molecule has 0 aromatic carbocycles. The van der Waals surface area contributed by atoms with Crippen molar-refractivity contribution in [3.63, 3.8) is 0 Å². The number of aliphatic hydroxyl groups is 4. The van der Waals surface area contributed by atoms with Crippen molar-refractivity contribution in [2.24, 2.45) is 5.50 Å². The molecule has 6 atom stereocenters. The quantitative estimate of drug-likeness (QED) is 0.287. The number of ether oxygens (including phenoxy) is 1. The highest BCUT2D eigenvalue weighted by Crippen LogP contribution is 2.30. The second kappa shape index (κ2) is 5.44. The summed E-state index contributed by atoms with van der Waals surface area (Å²) in [7, 11) is -2.27. The van der Waals surface area contributed by atoms with E-state index >= 15 is 0 Å². The summed E-state index contributed by atoms with van der Waals surface area (Å²) in [4.78, 5) is 8.76. The molecule has 0 radical (unpaired) electrons. The number of aliphatic hydroxyl groups excluding tert-OH is 4. The molecule has 9 heteroatoms. The fourth-order valence-electron chi connectivity index (χ4n) is 1.26. The Kier molecular flexibility index (Phi) is 4.78. The molecule has 1 fully saturated rings. The van der Waals surface area contributed by atoms with E-state index in [1.165, 1.54) is 0 Å². The zero-order chi connectivity index (χ0) is 11.6. The minimum absolute atomic E-state index is 0.557. The molecule has 0 aliphatic carbocycles. The minimum atomic E-state index is -2.27. The van der Waals surface area contributed by atoms with Crippen molar-refractivity contribution in [2.75, 3.05) is 6.61 Å². The van der Waals surface area contributed by atoms with Gasteiger partial charge in [0.2, 0.25) is 0 Å². The Morgan fingerprint density at radius 2 is 1.80 bits per heavy atom. The van der Waals surface area contributed by atoms with Crippen LogP contribution in [0.5, 0.6) is 0 Å². The van der Waals surface area contributed by atoms with E-state index in [4.69, 9.17) is 20.2 Å². The van der Waals surface area contributed by atoms with Crippen molar-refractivity contribution in [3.05, 3.63) is 0 Å². The Morgan fingerprint density at radius 1 is 1.20 bits per heavy atom. The molecule has 8 nitrogen and oxygen atoms in total. The van der Waals surface area contributed by atoms with Crippen molar-refractivity contribution >= 4 is 8.53 Å². The van der Waals surface area contributed by atoms with E-state index < -0.39 is 45.8 Å². The first-order valence-electron chi connectivity index (χ1n) is 4.18. The van der Waals surface area contributed by atoms with Gasteiger partial charge in [0, 0.05) is 0 Å². The SMILES string of the molecule is NP(O)OC1O[C@H](CO)[C@@H](O)[C@H](O)[C@H]1O. The third-order valence-corrected chi connectivity index (χ3v) is 2.48. The second-order valence-electron chi connectivity index (χ2n) is 3.11. The summed E-state index contributed by atoms with van der Waals surface area (Å²) >= 11 is 0. The van der Waals surface area contributed by atoms with Gasteiger partial charge in [0.25, 0.3) is 8.53 Å². The van der Waals surface area contributed by atoms with Gasteiger partial charge in [-0.2, -0.15) is 0 Å². The van der Waals surface area contributed by atoms with Crippen LogP contribution in [0.15, 0.2) is 0 Å². The lowest BCUT2D eigenvalue weighted by atomic mass is 10.00. The summed E-state index contributed by atoms with van der Waals surface area (Å²) in [6, 6.07) is 0. The van der Waals surface area contributed by atoms with Crippen molar-refractivity contribution < 1.29 is 34.6 Å². The third-order valence-electron chi connectivity index (χ3n) is 2.06. The fraction of sp³-hybridized carbons (Fsp3) is 1.00. The number of rotatable bonds is 3. The van der Waals surface area contributed by atoms with E-state index in [1.807, 2.05) is 0 Å². The molecule has 1 heterocycles. The summed E-state index contributed by atoms with van der Waals surface area (Å²) in [6.07, 6.45) is -6.96. The first-order chi connectivity index (χ1) is 6.97. The molecular weight excluding hydrogens is 229 g/mol. The van der Waals surface area contributed by atoms with Gasteiger partial charge in [-0.25, -0.2) is 0 Å². The average Bonchev–Trinajstić information content (AvgIpc) is 2.18. The Balaban J connectivity index is 2.65. The molecule has 0 amide bonds. The molecule has 0 saturated carbocycles. The molecule has 1 saturated heterocycles. The van der Waals surface area contributed by atoms with Crippen LogP contribution in [0.3, 0.4) is 0 Å². The molecule has 0 bridgehead atoms. The standard InChI is InChI=1S/C6H14NO7P/c7-15(12)14-6-5(11)4(10)3(9)2(1-8)13-6/h2-6,8-12H,1,7H2/t2-,3-,4+,5-,6?,15?/m1/s1. The van der Waals surface area contributed by atoms with E-state index in [2.05, 4.69) is 4.52 Å². The summed E-state index contributed by atoms with van der Waals surface area (Å²) in [5, 5.41) is 36.8. The van der Waals surface area contributed by atoms with E-state index in [1.54, 1.807) is 0 Å². The van der Waals surface area contributed by atoms with Gasteiger partial charge in [0.05, 0.1) is 6.61 Å². The van der Waals surface area contributed by atoms with Crippen molar-refractivity contribution in [3.8, 4) is 0 Å². The first-order valence-corrected chi connectivity index (χ1v) is 5.46. The van der Waals surface area contributed by atoms with Gasteiger partial charge in [-0.3, -0.25) is 10.0 Å². The van der Waals surface area contributed by atoms with E-state index in [0.717, 1.165) is 0 Å². The van der Waals surface area contributed by atoms with E-state index in [-0.39, 0.29) is 0 Å². The van der Waals surface area contributed by atoms with Gasteiger partial charge in [-0.1, -0.05) is 0 Å².